The van der Waals surface area contributed by atoms with Crippen LogP contribution in [0.1, 0.15) is 97.2 Å². The quantitative estimate of drug-likeness (QED) is 0.165. The fourth-order valence-corrected chi connectivity index (χ4v) is 13.4. The average Bonchev–Trinajstić information content (AvgIpc) is 4.05. The molecule has 11 aromatic rings. The van der Waals surface area contributed by atoms with Crippen molar-refractivity contribution in [2.24, 2.45) is 0 Å². The highest BCUT2D eigenvalue weighted by Gasteiger charge is 2.53. The smallest absolute Gasteiger partial charge is 0.132 e. The van der Waals surface area contributed by atoms with Crippen LogP contribution < -0.4 is 9.64 Å². The molecule has 0 fully saturated rings. The number of fused-ring (bicyclic) bond motifs is 13. The van der Waals surface area contributed by atoms with E-state index < -0.39 is 10.8 Å². The fraction of sp³-hybridized carbons (Fsp3) is 0.135. The molecule has 1 spiro atoms. The third kappa shape index (κ3) is 6.59. The second-order valence-corrected chi connectivity index (χ2v) is 23.2. The zero-order valence-electron chi connectivity index (χ0n) is 44.0. The summed E-state index contributed by atoms with van der Waals surface area (Å²) >= 11 is 0. The second kappa shape index (κ2) is 16.9. The summed E-state index contributed by atoms with van der Waals surface area (Å²) in [7, 11) is 0. The SMILES string of the molecule is CC(C)(C)c1ccc2c(c1)C1(c3cc(C(C)(C)C)ccc3O2)c2ccccc2-c2c(N(c3ccc4c(c3)C(c3ccccc3)(c3ccccc3)c3ccccc3-4)c3ccccc3-c3cccc4ccccc34)cccc21. The lowest BCUT2D eigenvalue weighted by Gasteiger charge is -2.41. The standard InChI is InChI=1S/C74H59NO/c1-71(2,3)51-39-43-68-64(45-51)74(65-46-52(72(4,5)6)40-44-69(65)76-68)61-35-19-16-32-59(61)70-62(74)36-22-38-67(70)75(66-37-20-17-31-58(66)55-33-21-24-48-23-13-14-29-54(48)55)53-41-42-57-56-30-15-18-34-60(56)73(63(57)47-53,49-25-9-7-10-26-49)50-27-11-8-12-28-50/h7-47H,1-6H3. The minimum atomic E-state index is -0.705. The molecular weight excluding hydrogens is 919 g/mol. The number of para-hydroxylation sites is 1. The first-order chi connectivity index (χ1) is 37.0. The van der Waals surface area contributed by atoms with Crippen molar-refractivity contribution in [3.8, 4) is 44.9 Å². The van der Waals surface area contributed by atoms with Crippen molar-refractivity contribution >= 4 is 27.8 Å². The summed E-state index contributed by atoms with van der Waals surface area (Å²) in [6, 6.07) is 93.5. The summed E-state index contributed by atoms with van der Waals surface area (Å²) in [5.74, 6) is 1.79. The van der Waals surface area contributed by atoms with Gasteiger partial charge in [-0.05, 0) is 137 Å². The van der Waals surface area contributed by atoms with Crippen molar-refractivity contribution in [2.45, 2.75) is 63.2 Å². The molecule has 1 aliphatic heterocycles. The Labute approximate surface area is 447 Å². The minimum Gasteiger partial charge on any atom is -0.457 e. The highest BCUT2D eigenvalue weighted by atomic mass is 16.5. The van der Waals surface area contributed by atoms with E-state index in [9.17, 15) is 0 Å². The third-order valence-electron chi connectivity index (χ3n) is 16.9. The third-order valence-corrected chi connectivity index (χ3v) is 16.9. The van der Waals surface area contributed by atoms with Crippen LogP contribution in [0.5, 0.6) is 11.5 Å². The largest absolute Gasteiger partial charge is 0.457 e. The predicted octanol–water partition coefficient (Wildman–Crippen LogP) is 19.4. The lowest BCUT2D eigenvalue weighted by Crippen LogP contribution is -2.33. The molecule has 0 amide bonds. The summed E-state index contributed by atoms with van der Waals surface area (Å²) in [4.78, 5) is 2.59. The molecule has 0 aromatic heterocycles. The minimum absolute atomic E-state index is 0.101. The van der Waals surface area contributed by atoms with Crippen LogP contribution >= 0.6 is 0 Å². The van der Waals surface area contributed by atoms with E-state index in [1.807, 2.05) is 0 Å². The van der Waals surface area contributed by atoms with Crippen molar-refractivity contribution in [2.75, 3.05) is 4.90 Å². The Kier molecular flexibility index (Phi) is 10.2. The van der Waals surface area contributed by atoms with Gasteiger partial charge in [-0.25, -0.2) is 0 Å². The van der Waals surface area contributed by atoms with E-state index in [1.165, 1.54) is 94.2 Å². The molecule has 14 rings (SSSR count). The average molecular weight is 978 g/mol. The Hall–Kier alpha value is -8.72. The van der Waals surface area contributed by atoms with E-state index in [2.05, 4.69) is 295 Å². The molecule has 0 atom stereocenters. The van der Waals surface area contributed by atoms with Crippen molar-refractivity contribution in [1.29, 1.82) is 0 Å². The molecule has 76 heavy (non-hydrogen) atoms. The van der Waals surface area contributed by atoms with E-state index in [-0.39, 0.29) is 10.8 Å². The van der Waals surface area contributed by atoms with Crippen LogP contribution in [-0.4, -0.2) is 0 Å². The van der Waals surface area contributed by atoms with E-state index in [0.717, 1.165) is 34.1 Å². The van der Waals surface area contributed by atoms with Gasteiger partial charge in [0.1, 0.15) is 11.5 Å². The zero-order valence-corrected chi connectivity index (χ0v) is 44.0. The highest BCUT2D eigenvalue weighted by molar-refractivity contribution is 6.05. The Bertz CT molecular complexity index is 4000. The van der Waals surface area contributed by atoms with Crippen LogP contribution in [0.25, 0.3) is 44.2 Å². The van der Waals surface area contributed by atoms with Gasteiger partial charge >= 0.3 is 0 Å². The normalized spacial score (nSPS) is 14.2. The monoisotopic (exact) mass is 977 g/mol. The molecule has 0 unspecified atom stereocenters. The van der Waals surface area contributed by atoms with Gasteiger partial charge in [0.05, 0.1) is 22.2 Å². The second-order valence-electron chi connectivity index (χ2n) is 23.2. The maximum atomic E-state index is 7.10. The van der Waals surface area contributed by atoms with Crippen LogP contribution in [0.15, 0.2) is 249 Å². The Balaban J connectivity index is 1.11. The number of hydrogen-bond donors (Lipinski definition) is 0. The van der Waals surface area contributed by atoms with Gasteiger partial charge in [0.15, 0.2) is 0 Å². The first-order valence-corrected chi connectivity index (χ1v) is 26.9. The van der Waals surface area contributed by atoms with Crippen LogP contribution in [0.2, 0.25) is 0 Å². The number of hydrogen-bond acceptors (Lipinski definition) is 2. The van der Waals surface area contributed by atoms with Gasteiger partial charge < -0.3 is 9.64 Å². The van der Waals surface area contributed by atoms with Crippen molar-refractivity contribution in [3.63, 3.8) is 0 Å². The van der Waals surface area contributed by atoms with Crippen LogP contribution in [-0.2, 0) is 21.7 Å². The van der Waals surface area contributed by atoms with Gasteiger partial charge in [0.2, 0.25) is 0 Å². The summed E-state index contributed by atoms with van der Waals surface area (Å²) in [6.45, 7) is 13.9. The molecular formula is C74H59NO. The molecule has 0 N–H and O–H groups in total. The molecule has 0 saturated heterocycles. The van der Waals surface area contributed by atoms with Gasteiger partial charge in [-0.3, -0.25) is 0 Å². The number of ether oxygens (including phenoxy) is 1. The topological polar surface area (TPSA) is 12.5 Å². The molecule has 0 radical (unpaired) electrons. The Morgan fingerprint density at radius 1 is 0.329 bits per heavy atom. The van der Waals surface area contributed by atoms with Crippen LogP contribution in [0, 0.1) is 0 Å². The van der Waals surface area contributed by atoms with Crippen LogP contribution in [0.3, 0.4) is 0 Å². The molecule has 2 aliphatic carbocycles. The van der Waals surface area contributed by atoms with Gasteiger partial charge in [0, 0.05) is 27.9 Å². The predicted molar refractivity (Wildman–Crippen MR) is 316 cm³/mol. The summed E-state index contributed by atoms with van der Waals surface area (Å²) in [6.07, 6.45) is 0. The lowest BCUT2D eigenvalue weighted by molar-refractivity contribution is 0.433. The summed E-state index contributed by atoms with van der Waals surface area (Å²) in [5, 5.41) is 2.43. The maximum absolute atomic E-state index is 7.10. The Morgan fingerprint density at radius 2 is 0.816 bits per heavy atom. The summed E-state index contributed by atoms with van der Waals surface area (Å²) < 4.78 is 7.10. The highest BCUT2D eigenvalue weighted by Crippen LogP contribution is 2.66. The molecule has 3 aliphatic rings. The van der Waals surface area contributed by atoms with Crippen molar-refractivity contribution in [1.82, 2.24) is 0 Å². The zero-order chi connectivity index (χ0) is 51.6. The maximum Gasteiger partial charge on any atom is 0.132 e. The number of nitrogens with zero attached hydrogens (tertiary/aromatic N) is 1. The van der Waals surface area contributed by atoms with Crippen molar-refractivity contribution in [3.05, 3.63) is 304 Å². The van der Waals surface area contributed by atoms with Gasteiger partial charge in [-0.15, -0.1) is 0 Å². The molecule has 2 heteroatoms. The van der Waals surface area contributed by atoms with Gasteiger partial charge in [-0.2, -0.15) is 0 Å². The first-order valence-electron chi connectivity index (χ1n) is 26.9. The van der Waals surface area contributed by atoms with E-state index >= 15 is 0 Å². The molecule has 0 saturated carbocycles. The number of benzene rings is 11. The number of rotatable bonds is 6. The lowest BCUT2D eigenvalue weighted by atomic mass is 9.64. The molecule has 1 heterocycles. The summed E-state index contributed by atoms with van der Waals surface area (Å²) in [5.41, 5.74) is 21.5. The van der Waals surface area contributed by atoms with E-state index in [4.69, 9.17) is 4.74 Å². The first kappa shape index (κ1) is 45.9. The van der Waals surface area contributed by atoms with Crippen molar-refractivity contribution < 1.29 is 4.74 Å². The number of anilines is 3. The molecule has 366 valence electrons. The fourth-order valence-electron chi connectivity index (χ4n) is 13.4. The molecule has 2 nitrogen and oxygen atoms in total. The molecule has 0 bridgehead atoms. The van der Waals surface area contributed by atoms with E-state index in [1.54, 1.807) is 0 Å². The van der Waals surface area contributed by atoms with Gasteiger partial charge in [0.25, 0.3) is 0 Å². The van der Waals surface area contributed by atoms with Crippen LogP contribution in [0.4, 0.5) is 17.1 Å². The van der Waals surface area contributed by atoms with Gasteiger partial charge in [-0.1, -0.05) is 242 Å². The Morgan fingerprint density at radius 3 is 1.47 bits per heavy atom. The van der Waals surface area contributed by atoms with E-state index in [0.29, 0.717) is 0 Å². The molecule has 11 aromatic carbocycles.